The fraction of sp³-hybridized carbons (Fsp3) is 0.867. The van der Waals surface area contributed by atoms with E-state index in [0.29, 0.717) is 19.1 Å². The topological polar surface area (TPSA) is 64.1 Å². The summed E-state index contributed by atoms with van der Waals surface area (Å²) in [7, 11) is 1.91. The van der Waals surface area contributed by atoms with E-state index in [1.54, 1.807) is 0 Å². The second-order valence-electron chi connectivity index (χ2n) is 6.20. The van der Waals surface area contributed by atoms with Crippen LogP contribution in [-0.2, 0) is 4.79 Å². The van der Waals surface area contributed by atoms with Gasteiger partial charge in [-0.1, -0.05) is 19.3 Å². The van der Waals surface area contributed by atoms with E-state index in [1.165, 1.54) is 19.3 Å². The van der Waals surface area contributed by atoms with E-state index in [1.807, 2.05) is 21.7 Å². The summed E-state index contributed by atoms with van der Waals surface area (Å²) in [6.45, 7) is 2.83. The summed E-state index contributed by atoms with van der Waals surface area (Å²) in [4.78, 5) is 29.1. The van der Waals surface area contributed by atoms with Crippen LogP contribution in [0.1, 0.15) is 38.5 Å². The van der Waals surface area contributed by atoms with E-state index in [4.69, 9.17) is 5.11 Å². The maximum atomic E-state index is 12.6. The summed E-state index contributed by atoms with van der Waals surface area (Å²) in [5.41, 5.74) is 0. The van der Waals surface area contributed by atoms with Crippen molar-refractivity contribution in [1.82, 2.24) is 14.7 Å². The molecule has 0 atom stereocenters. The quantitative estimate of drug-likeness (QED) is 0.856. The fourth-order valence-electron chi connectivity index (χ4n) is 3.36. The molecule has 6 heteroatoms. The number of nitrogens with zero attached hydrogens (tertiary/aromatic N) is 3. The summed E-state index contributed by atoms with van der Waals surface area (Å²) >= 11 is 0. The van der Waals surface area contributed by atoms with Crippen molar-refractivity contribution >= 4 is 12.0 Å². The van der Waals surface area contributed by atoms with Gasteiger partial charge in [-0.25, -0.2) is 4.79 Å². The Morgan fingerprint density at radius 1 is 1.05 bits per heavy atom. The van der Waals surface area contributed by atoms with Crippen LogP contribution in [-0.4, -0.2) is 77.6 Å². The van der Waals surface area contributed by atoms with Crippen LogP contribution in [0.5, 0.6) is 0 Å². The molecular formula is C15H27N3O3. The van der Waals surface area contributed by atoms with Gasteiger partial charge in [0.1, 0.15) is 0 Å². The predicted octanol–water partition coefficient (Wildman–Crippen LogP) is 1.46. The summed E-state index contributed by atoms with van der Waals surface area (Å²) in [5, 5.41) is 8.86. The lowest BCUT2D eigenvalue weighted by Gasteiger charge is -2.35. The molecule has 1 saturated heterocycles. The maximum Gasteiger partial charge on any atom is 0.320 e. The number of aliphatic carboxylic acids is 1. The molecule has 2 aliphatic rings. The second kappa shape index (κ2) is 7.64. The first-order chi connectivity index (χ1) is 10.1. The number of carboxylic acid groups (broad SMARTS) is 1. The Balaban J connectivity index is 1.85. The van der Waals surface area contributed by atoms with Crippen molar-refractivity contribution in [2.24, 2.45) is 0 Å². The monoisotopic (exact) mass is 297 g/mol. The van der Waals surface area contributed by atoms with Crippen molar-refractivity contribution in [3.8, 4) is 0 Å². The highest BCUT2D eigenvalue weighted by molar-refractivity contribution is 5.74. The lowest BCUT2D eigenvalue weighted by molar-refractivity contribution is -0.138. The Hall–Kier alpha value is -1.30. The van der Waals surface area contributed by atoms with Gasteiger partial charge >= 0.3 is 12.0 Å². The van der Waals surface area contributed by atoms with Gasteiger partial charge in [0.25, 0.3) is 0 Å². The molecule has 1 saturated carbocycles. The van der Waals surface area contributed by atoms with Crippen LogP contribution in [0.4, 0.5) is 4.79 Å². The van der Waals surface area contributed by atoms with Crippen LogP contribution in [0.15, 0.2) is 0 Å². The molecular weight excluding hydrogens is 270 g/mol. The van der Waals surface area contributed by atoms with Gasteiger partial charge < -0.3 is 14.9 Å². The largest absolute Gasteiger partial charge is 0.480 e. The average Bonchev–Trinajstić information content (AvgIpc) is 2.71. The van der Waals surface area contributed by atoms with Gasteiger partial charge in [-0.15, -0.1) is 0 Å². The summed E-state index contributed by atoms with van der Waals surface area (Å²) in [5.74, 6) is -0.797. The minimum Gasteiger partial charge on any atom is -0.480 e. The molecule has 120 valence electrons. The number of carbonyl (C=O) groups is 2. The highest BCUT2D eigenvalue weighted by Gasteiger charge is 2.27. The molecule has 0 radical (unpaired) electrons. The van der Waals surface area contributed by atoms with Crippen LogP contribution in [0.25, 0.3) is 0 Å². The number of hydrogen-bond acceptors (Lipinski definition) is 3. The van der Waals surface area contributed by atoms with Crippen molar-refractivity contribution in [3.05, 3.63) is 0 Å². The Bertz CT molecular complexity index is 369. The van der Waals surface area contributed by atoms with Gasteiger partial charge in [-0.05, 0) is 19.3 Å². The van der Waals surface area contributed by atoms with Crippen molar-refractivity contribution in [1.29, 1.82) is 0 Å². The molecule has 1 N–H and O–H groups in total. The van der Waals surface area contributed by atoms with Crippen molar-refractivity contribution < 1.29 is 14.7 Å². The SMILES string of the molecule is CN(C(=O)N1CCCN(CC(=O)O)CC1)C1CCCCC1. The zero-order valence-corrected chi connectivity index (χ0v) is 13.0. The maximum absolute atomic E-state index is 12.6. The summed E-state index contributed by atoms with van der Waals surface area (Å²) in [6.07, 6.45) is 6.79. The average molecular weight is 297 g/mol. The number of amides is 2. The molecule has 0 aromatic rings. The smallest absolute Gasteiger partial charge is 0.320 e. The van der Waals surface area contributed by atoms with Gasteiger partial charge in [0.15, 0.2) is 0 Å². The molecule has 0 aromatic heterocycles. The van der Waals surface area contributed by atoms with Gasteiger partial charge in [0.05, 0.1) is 6.54 Å². The summed E-state index contributed by atoms with van der Waals surface area (Å²) in [6, 6.07) is 0.490. The minimum atomic E-state index is -0.797. The Labute approximate surface area is 126 Å². The Kier molecular flexibility index (Phi) is 5.85. The van der Waals surface area contributed by atoms with E-state index in [0.717, 1.165) is 32.4 Å². The minimum absolute atomic E-state index is 0.0699. The van der Waals surface area contributed by atoms with Crippen LogP contribution >= 0.6 is 0 Å². The third-order valence-corrected chi connectivity index (χ3v) is 4.64. The Morgan fingerprint density at radius 2 is 1.76 bits per heavy atom. The third kappa shape index (κ3) is 4.59. The first-order valence-corrected chi connectivity index (χ1v) is 8.04. The lowest BCUT2D eigenvalue weighted by Crippen LogP contribution is -2.47. The number of carboxylic acids is 1. The predicted molar refractivity (Wildman–Crippen MR) is 80.3 cm³/mol. The van der Waals surface area contributed by atoms with Gasteiger partial charge in [-0.3, -0.25) is 9.69 Å². The lowest BCUT2D eigenvalue weighted by atomic mass is 9.95. The first-order valence-electron chi connectivity index (χ1n) is 8.04. The zero-order valence-electron chi connectivity index (χ0n) is 13.0. The van der Waals surface area contributed by atoms with Crippen molar-refractivity contribution in [2.45, 2.75) is 44.6 Å². The third-order valence-electron chi connectivity index (χ3n) is 4.64. The van der Waals surface area contributed by atoms with E-state index in [2.05, 4.69) is 0 Å². The van der Waals surface area contributed by atoms with E-state index < -0.39 is 5.97 Å². The van der Waals surface area contributed by atoms with Crippen LogP contribution < -0.4 is 0 Å². The molecule has 1 aliphatic heterocycles. The first kappa shape index (κ1) is 16.1. The van der Waals surface area contributed by atoms with Gasteiger partial charge in [0, 0.05) is 39.3 Å². The van der Waals surface area contributed by atoms with Crippen LogP contribution in [0, 0.1) is 0 Å². The standard InChI is InChI=1S/C15H27N3O3/c1-16(13-6-3-2-4-7-13)15(21)18-9-5-8-17(10-11-18)12-14(19)20/h13H,2-12H2,1H3,(H,19,20). The van der Waals surface area contributed by atoms with Crippen LogP contribution in [0.2, 0.25) is 0 Å². The molecule has 1 aliphatic carbocycles. The highest BCUT2D eigenvalue weighted by Crippen LogP contribution is 2.22. The highest BCUT2D eigenvalue weighted by atomic mass is 16.4. The molecule has 2 fully saturated rings. The van der Waals surface area contributed by atoms with E-state index >= 15 is 0 Å². The molecule has 2 rings (SSSR count). The molecule has 0 aromatic carbocycles. The van der Waals surface area contributed by atoms with Crippen molar-refractivity contribution in [2.75, 3.05) is 39.8 Å². The fourth-order valence-corrected chi connectivity index (χ4v) is 3.36. The number of hydrogen-bond donors (Lipinski definition) is 1. The van der Waals surface area contributed by atoms with E-state index in [-0.39, 0.29) is 12.6 Å². The molecule has 6 nitrogen and oxygen atoms in total. The molecule has 1 heterocycles. The second-order valence-corrected chi connectivity index (χ2v) is 6.20. The Morgan fingerprint density at radius 3 is 2.43 bits per heavy atom. The summed E-state index contributed by atoms with van der Waals surface area (Å²) < 4.78 is 0. The molecule has 2 amide bonds. The molecule has 0 spiro atoms. The van der Waals surface area contributed by atoms with E-state index in [9.17, 15) is 9.59 Å². The molecule has 0 bridgehead atoms. The molecule has 0 unspecified atom stereocenters. The van der Waals surface area contributed by atoms with Crippen molar-refractivity contribution in [3.63, 3.8) is 0 Å². The molecule has 21 heavy (non-hydrogen) atoms. The number of carbonyl (C=O) groups excluding carboxylic acids is 1. The van der Waals surface area contributed by atoms with Crippen LogP contribution in [0.3, 0.4) is 0 Å². The van der Waals surface area contributed by atoms with Gasteiger partial charge in [0.2, 0.25) is 0 Å². The van der Waals surface area contributed by atoms with Gasteiger partial charge in [-0.2, -0.15) is 0 Å². The number of urea groups is 1. The number of rotatable bonds is 3. The normalized spacial score (nSPS) is 21.9. The zero-order chi connectivity index (χ0) is 15.2.